The maximum atomic E-state index is 12.1. The summed E-state index contributed by atoms with van der Waals surface area (Å²) in [7, 11) is 0. The Morgan fingerprint density at radius 2 is 2.42 bits per heavy atom. The molecule has 0 radical (unpaired) electrons. The number of aromatic nitrogens is 2. The predicted octanol–water partition coefficient (Wildman–Crippen LogP) is 2.09. The molecule has 106 valence electrons. The first-order valence-electron chi connectivity index (χ1n) is 6.79. The molecule has 0 aliphatic carbocycles. The van der Waals surface area contributed by atoms with E-state index in [0.717, 1.165) is 37.5 Å². The Morgan fingerprint density at radius 3 is 3.00 bits per heavy atom. The minimum Gasteiger partial charge on any atom is -0.357 e. The van der Waals surface area contributed by atoms with E-state index < -0.39 is 0 Å². The van der Waals surface area contributed by atoms with E-state index in [2.05, 4.69) is 23.7 Å². The van der Waals surface area contributed by atoms with Crippen molar-refractivity contribution in [3.05, 3.63) is 22.7 Å². The molecule has 0 N–H and O–H groups in total. The van der Waals surface area contributed by atoms with Gasteiger partial charge in [-0.05, 0) is 19.4 Å². The van der Waals surface area contributed by atoms with Gasteiger partial charge in [-0.2, -0.15) is 4.98 Å². The molecule has 0 unspecified atom stereocenters. The van der Waals surface area contributed by atoms with E-state index in [1.165, 1.54) is 0 Å². The maximum absolute atomic E-state index is 12.1. The van der Waals surface area contributed by atoms with E-state index in [4.69, 9.17) is 4.74 Å². The maximum Gasteiger partial charge on any atom is 0.351 e. The second kappa shape index (κ2) is 6.96. The average Bonchev–Trinajstić information content (AvgIpc) is 2.93. The predicted molar refractivity (Wildman–Crippen MR) is 78.7 cm³/mol. The number of anilines is 1. The lowest BCUT2D eigenvalue weighted by Gasteiger charge is -2.22. The molecule has 1 aromatic heterocycles. The highest BCUT2D eigenvalue weighted by atomic mass is 32.2. The third-order valence-electron chi connectivity index (χ3n) is 3.22. The van der Waals surface area contributed by atoms with E-state index >= 15 is 0 Å². The van der Waals surface area contributed by atoms with Crippen molar-refractivity contribution >= 4 is 17.6 Å². The van der Waals surface area contributed by atoms with Gasteiger partial charge in [0.2, 0.25) is 0 Å². The highest BCUT2D eigenvalue weighted by Gasteiger charge is 2.19. The van der Waals surface area contributed by atoms with Crippen LogP contribution in [0.25, 0.3) is 0 Å². The van der Waals surface area contributed by atoms with E-state index in [-0.39, 0.29) is 11.9 Å². The standard InChI is InChI=1S/C13H21N3O2S/c1-3-5-7-15(4-2)11-6-8-16(13(17)14-11)12-9-19-10-18-12/h6,8,12H,3-5,7,9-10H2,1-2H3/t12-/m0/s1. The summed E-state index contributed by atoms with van der Waals surface area (Å²) in [5.41, 5.74) is -0.222. The van der Waals surface area contributed by atoms with Crippen molar-refractivity contribution in [2.24, 2.45) is 0 Å². The van der Waals surface area contributed by atoms with Crippen molar-refractivity contribution in [1.29, 1.82) is 0 Å². The van der Waals surface area contributed by atoms with Gasteiger partial charge in [0.25, 0.3) is 0 Å². The third-order valence-corrected chi connectivity index (χ3v) is 4.04. The number of hydrogen-bond acceptors (Lipinski definition) is 5. The normalized spacial score (nSPS) is 18.7. The zero-order valence-electron chi connectivity index (χ0n) is 11.5. The third kappa shape index (κ3) is 3.51. The summed E-state index contributed by atoms with van der Waals surface area (Å²) in [6.07, 6.45) is 3.89. The molecule has 6 heteroatoms. The Hall–Kier alpha value is -1.01. The molecule has 1 saturated heterocycles. The molecule has 1 aliphatic heterocycles. The molecule has 5 nitrogen and oxygen atoms in total. The summed E-state index contributed by atoms with van der Waals surface area (Å²) in [4.78, 5) is 18.4. The lowest BCUT2D eigenvalue weighted by molar-refractivity contribution is 0.0639. The lowest BCUT2D eigenvalue weighted by atomic mass is 10.3. The molecule has 1 fully saturated rings. The van der Waals surface area contributed by atoms with Gasteiger partial charge < -0.3 is 9.64 Å². The highest BCUT2D eigenvalue weighted by Crippen LogP contribution is 2.23. The van der Waals surface area contributed by atoms with Crippen molar-refractivity contribution in [3.63, 3.8) is 0 Å². The van der Waals surface area contributed by atoms with Crippen LogP contribution in [0.3, 0.4) is 0 Å². The van der Waals surface area contributed by atoms with Crippen LogP contribution < -0.4 is 10.6 Å². The largest absolute Gasteiger partial charge is 0.357 e. The van der Waals surface area contributed by atoms with Gasteiger partial charge in [0.05, 0.1) is 5.94 Å². The van der Waals surface area contributed by atoms with Crippen molar-refractivity contribution in [3.8, 4) is 0 Å². The van der Waals surface area contributed by atoms with Gasteiger partial charge in [0, 0.05) is 25.0 Å². The lowest BCUT2D eigenvalue weighted by Crippen LogP contribution is -2.32. The molecular weight excluding hydrogens is 262 g/mol. The fourth-order valence-electron chi connectivity index (χ4n) is 2.07. The first-order chi connectivity index (χ1) is 9.26. The fraction of sp³-hybridized carbons (Fsp3) is 0.692. The van der Waals surface area contributed by atoms with Gasteiger partial charge >= 0.3 is 5.69 Å². The fourth-order valence-corrected chi connectivity index (χ4v) is 2.87. The molecule has 0 saturated carbocycles. The number of nitrogens with zero attached hydrogens (tertiary/aromatic N) is 3. The quantitative estimate of drug-likeness (QED) is 0.800. The number of rotatable bonds is 6. The Kier molecular flexibility index (Phi) is 5.27. The molecule has 19 heavy (non-hydrogen) atoms. The van der Waals surface area contributed by atoms with Crippen LogP contribution in [0.15, 0.2) is 17.1 Å². The van der Waals surface area contributed by atoms with Crippen LogP contribution in [-0.4, -0.2) is 34.3 Å². The van der Waals surface area contributed by atoms with Gasteiger partial charge in [-0.3, -0.25) is 4.57 Å². The average molecular weight is 283 g/mol. The summed E-state index contributed by atoms with van der Waals surface area (Å²) < 4.78 is 7.06. The van der Waals surface area contributed by atoms with Crippen molar-refractivity contribution < 1.29 is 4.74 Å². The SMILES string of the molecule is CCCCN(CC)c1ccn([C@@H]2CSCO2)c(=O)n1. The molecule has 0 aromatic carbocycles. The van der Waals surface area contributed by atoms with E-state index in [1.54, 1.807) is 22.5 Å². The molecule has 0 bridgehead atoms. The summed E-state index contributed by atoms with van der Waals surface area (Å²) in [6.45, 7) is 6.05. The van der Waals surface area contributed by atoms with Crippen molar-refractivity contribution in [2.75, 3.05) is 29.7 Å². The number of ether oxygens (including phenoxy) is 1. The van der Waals surface area contributed by atoms with Crippen LogP contribution in [-0.2, 0) is 4.74 Å². The van der Waals surface area contributed by atoms with Crippen LogP contribution >= 0.6 is 11.8 Å². The molecular formula is C13H21N3O2S. The molecule has 1 aliphatic rings. The second-order valence-electron chi connectivity index (χ2n) is 4.52. The molecule has 2 rings (SSSR count). The number of thioether (sulfide) groups is 1. The Bertz CT molecular complexity index is 457. The van der Waals surface area contributed by atoms with Gasteiger partial charge in [0.15, 0.2) is 0 Å². The Labute approximate surface area is 118 Å². The van der Waals surface area contributed by atoms with Crippen LogP contribution in [0.1, 0.15) is 32.9 Å². The minimum absolute atomic E-state index is 0.162. The Morgan fingerprint density at radius 1 is 1.58 bits per heavy atom. The van der Waals surface area contributed by atoms with Gasteiger partial charge in [-0.1, -0.05) is 13.3 Å². The minimum atomic E-state index is -0.222. The van der Waals surface area contributed by atoms with Crippen LogP contribution in [0.2, 0.25) is 0 Å². The summed E-state index contributed by atoms with van der Waals surface area (Å²) in [5, 5.41) is 0. The van der Waals surface area contributed by atoms with Crippen LogP contribution in [0, 0.1) is 0 Å². The summed E-state index contributed by atoms with van der Waals surface area (Å²) >= 11 is 1.69. The first kappa shape index (κ1) is 14.4. The molecule has 0 amide bonds. The zero-order chi connectivity index (χ0) is 13.7. The van der Waals surface area contributed by atoms with E-state index in [0.29, 0.717) is 5.94 Å². The highest BCUT2D eigenvalue weighted by molar-refractivity contribution is 7.99. The number of unbranched alkanes of at least 4 members (excludes halogenated alkanes) is 1. The van der Waals surface area contributed by atoms with Crippen LogP contribution in [0.4, 0.5) is 5.82 Å². The van der Waals surface area contributed by atoms with Crippen molar-refractivity contribution in [1.82, 2.24) is 9.55 Å². The summed E-state index contributed by atoms with van der Waals surface area (Å²) in [6, 6.07) is 1.91. The summed E-state index contributed by atoms with van der Waals surface area (Å²) in [5.74, 6) is 2.23. The topological polar surface area (TPSA) is 47.4 Å². The van der Waals surface area contributed by atoms with E-state index in [1.807, 2.05) is 6.07 Å². The molecule has 1 atom stereocenters. The van der Waals surface area contributed by atoms with Crippen molar-refractivity contribution in [2.45, 2.75) is 32.9 Å². The smallest absolute Gasteiger partial charge is 0.351 e. The van der Waals surface area contributed by atoms with Gasteiger partial charge in [0.1, 0.15) is 12.0 Å². The number of hydrogen-bond donors (Lipinski definition) is 0. The van der Waals surface area contributed by atoms with E-state index in [9.17, 15) is 4.79 Å². The van der Waals surface area contributed by atoms with Crippen LogP contribution in [0.5, 0.6) is 0 Å². The second-order valence-corrected chi connectivity index (χ2v) is 5.50. The molecule has 0 spiro atoms. The monoisotopic (exact) mass is 283 g/mol. The molecule has 2 heterocycles. The van der Waals surface area contributed by atoms with Gasteiger partial charge in [-0.25, -0.2) is 4.79 Å². The molecule has 1 aromatic rings. The van der Waals surface area contributed by atoms with Gasteiger partial charge in [-0.15, -0.1) is 11.8 Å². The first-order valence-corrected chi connectivity index (χ1v) is 7.95. The Balaban J connectivity index is 2.15. The zero-order valence-corrected chi connectivity index (χ0v) is 12.4.